The second-order valence-corrected chi connectivity index (χ2v) is 8.52. The number of hydrogen-bond acceptors (Lipinski definition) is 5. The number of amides is 1. The number of nitrogens with zero attached hydrogens (tertiary/aromatic N) is 5. The first-order valence-electron chi connectivity index (χ1n) is 8.50. The van der Waals surface area contributed by atoms with Crippen LogP contribution in [0.4, 0.5) is 15.9 Å². The number of likely N-dealkylation sites (N-methyl/N-ethyl adjacent to an activating group) is 2. The van der Waals surface area contributed by atoms with Crippen LogP contribution in [0.1, 0.15) is 12.5 Å². The summed E-state index contributed by atoms with van der Waals surface area (Å²) in [6, 6.07) is -0.409. The Kier molecular flexibility index (Phi) is 4.39. The normalized spacial score (nSPS) is 23.0. The Labute approximate surface area is 174 Å². The van der Waals surface area contributed by atoms with Crippen molar-refractivity contribution in [3.8, 4) is 0 Å². The van der Waals surface area contributed by atoms with Crippen molar-refractivity contribution in [1.82, 2.24) is 12.7 Å². The van der Waals surface area contributed by atoms with Gasteiger partial charge in [0.2, 0.25) is 0 Å². The molecule has 0 saturated carbocycles. The highest BCUT2D eigenvalue weighted by molar-refractivity contribution is 14.1. The van der Waals surface area contributed by atoms with E-state index in [2.05, 4.69) is 9.88 Å². The summed E-state index contributed by atoms with van der Waals surface area (Å²) in [5.41, 5.74) is 0.202. The van der Waals surface area contributed by atoms with Crippen molar-refractivity contribution < 1.29 is 9.18 Å². The molecule has 3 heterocycles. The first-order valence-corrected chi connectivity index (χ1v) is 9.84. The number of carbonyl (C=O) groups excluding carboxylic acids is 1. The second-order valence-electron chi connectivity index (χ2n) is 7.18. The van der Waals surface area contributed by atoms with E-state index in [4.69, 9.17) is 11.6 Å². The zero-order valence-electron chi connectivity index (χ0n) is 15.3. The van der Waals surface area contributed by atoms with Crippen LogP contribution in [-0.4, -0.2) is 57.8 Å². The van der Waals surface area contributed by atoms with Crippen molar-refractivity contribution in [2.24, 2.45) is 0 Å². The fourth-order valence-corrected chi connectivity index (χ4v) is 4.86. The van der Waals surface area contributed by atoms with Crippen LogP contribution in [0.15, 0.2) is 4.79 Å². The summed E-state index contributed by atoms with van der Waals surface area (Å²) in [6.07, 6.45) is 0. The predicted molar refractivity (Wildman–Crippen MR) is 112 cm³/mol. The number of benzene rings is 1. The molecule has 144 valence electrons. The number of hydrogen-bond donors (Lipinski definition) is 0. The Morgan fingerprint density at radius 2 is 1.93 bits per heavy atom. The van der Waals surface area contributed by atoms with E-state index in [1.165, 1.54) is 7.68 Å². The fourth-order valence-electron chi connectivity index (χ4n) is 3.87. The SMILES string of the molecule is Cc1c(F)c2c3c(nc(=O)n(I)c3c1Cl)N1CC(C)N(C)CC1C(=O)N2C. The summed E-state index contributed by atoms with van der Waals surface area (Å²) >= 11 is 8.25. The largest absolute Gasteiger partial charge is 0.359 e. The lowest BCUT2D eigenvalue weighted by atomic mass is 10.1. The smallest absolute Gasteiger partial charge is 0.341 e. The molecule has 0 spiro atoms. The number of fused-ring (bicyclic) bond motifs is 2. The number of rotatable bonds is 0. The Hall–Kier alpha value is -1.46. The van der Waals surface area contributed by atoms with Crippen LogP contribution in [-0.2, 0) is 4.79 Å². The first-order chi connectivity index (χ1) is 12.6. The number of carbonyl (C=O) groups is 1. The second kappa shape index (κ2) is 6.28. The molecule has 4 rings (SSSR count). The monoisotopic (exact) mass is 505 g/mol. The van der Waals surface area contributed by atoms with Crippen LogP contribution < -0.4 is 15.5 Å². The van der Waals surface area contributed by atoms with Crippen molar-refractivity contribution >= 4 is 62.8 Å². The number of piperazine rings is 1. The third kappa shape index (κ3) is 2.51. The van der Waals surface area contributed by atoms with Gasteiger partial charge in [-0.1, -0.05) is 11.6 Å². The summed E-state index contributed by atoms with van der Waals surface area (Å²) in [5, 5.41) is 0.551. The highest BCUT2D eigenvalue weighted by Crippen LogP contribution is 2.44. The zero-order valence-corrected chi connectivity index (χ0v) is 18.2. The molecule has 2 atom stereocenters. The van der Waals surface area contributed by atoms with Gasteiger partial charge in [-0.3, -0.25) is 9.69 Å². The van der Waals surface area contributed by atoms with Crippen LogP contribution in [0.5, 0.6) is 0 Å². The molecule has 1 fully saturated rings. The molecule has 1 aromatic carbocycles. The van der Waals surface area contributed by atoms with Gasteiger partial charge < -0.3 is 9.80 Å². The maximum absolute atomic E-state index is 15.2. The van der Waals surface area contributed by atoms with E-state index in [0.717, 1.165) is 0 Å². The average molecular weight is 506 g/mol. The molecular weight excluding hydrogens is 488 g/mol. The summed E-state index contributed by atoms with van der Waals surface area (Å²) in [6.45, 7) is 4.54. The molecule has 1 saturated heterocycles. The van der Waals surface area contributed by atoms with Crippen LogP contribution in [0, 0.1) is 12.7 Å². The molecule has 0 N–H and O–H groups in total. The Morgan fingerprint density at radius 1 is 1.26 bits per heavy atom. The van der Waals surface area contributed by atoms with Crippen LogP contribution in [0.3, 0.4) is 0 Å². The van der Waals surface area contributed by atoms with Gasteiger partial charge >= 0.3 is 5.69 Å². The van der Waals surface area contributed by atoms with Crippen LogP contribution >= 0.6 is 34.5 Å². The average Bonchev–Trinajstić information content (AvgIpc) is 2.70. The fraction of sp³-hybridized carbons (Fsp3) is 0.471. The standard InChI is InChI=1S/C17H18ClFIN5O2/c1-7-5-24-9(6-22(7)3)16(26)23(4)14-10-13(11(18)8(2)12(14)19)25(20)17(27)21-15(10)24/h7,9H,5-6H2,1-4H3. The van der Waals surface area contributed by atoms with E-state index < -0.39 is 17.5 Å². The summed E-state index contributed by atoms with van der Waals surface area (Å²) in [4.78, 5) is 35.2. The van der Waals surface area contributed by atoms with E-state index in [9.17, 15) is 9.59 Å². The summed E-state index contributed by atoms with van der Waals surface area (Å²) < 4.78 is 16.5. The number of aromatic nitrogens is 2. The molecule has 1 amide bonds. The molecule has 27 heavy (non-hydrogen) atoms. The third-order valence-electron chi connectivity index (χ3n) is 5.61. The van der Waals surface area contributed by atoms with Gasteiger partial charge in [-0.25, -0.2) is 12.0 Å². The van der Waals surface area contributed by atoms with E-state index in [1.807, 2.05) is 41.7 Å². The third-order valence-corrected chi connectivity index (χ3v) is 6.97. The lowest BCUT2D eigenvalue weighted by Crippen LogP contribution is -2.61. The lowest BCUT2D eigenvalue weighted by Gasteiger charge is -2.43. The maximum atomic E-state index is 15.2. The molecule has 0 bridgehead atoms. The molecule has 0 aliphatic carbocycles. The maximum Gasteiger partial charge on any atom is 0.359 e. The van der Waals surface area contributed by atoms with Crippen LogP contribution in [0.2, 0.25) is 5.02 Å². The topological polar surface area (TPSA) is 61.7 Å². The molecule has 2 aliphatic heterocycles. The van der Waals surface area contributed by atoms with Gasteiger partial charge in [0.15, 0.2) is 5.82 Å². The van der Waals surface area contributed by atoms with Gasteiger partial charge in [-0.2, -0.15) is 4.98 Å². The van der Waals surface area contributed by atoms with Crippen molar-refractivity contribution in [3.63, 3.8) is 0 Å². The van der Waals surface area contributed by atoms with Crippen molar-refractivity contribution in [2.45, 2.75) is 25.9 Å². The molecule has 2 unspecified atom stereocenters. The van der Waals surface area contributed by atoms with Gasteiger partial charge in [-0.05, 0) is 20.9 Å². The van der Waals surface area contributed by atoms with Crippen molar-refractivity contribution in [2.75, 3.05) is 37.0 Å². The van der Waals surface area contributed by atoms with Gasteiger partial charge in [0, 0.05) is 31.7 Å². The first kappa shape index (κ1) is 18.9. The van der Waals surface area contributed by atoms with E-state index in [-0.39, 0.29) is 28.2 Å². The Morgan fingerprint density at radius 3 is 2.59 bits per heavy atom. The minimum atomic E-state index is -0.567. The lowest BCUT2D eigenvalue weighted by molar-refractivity contribution is -0.120. The zero-order chi connectivity index (χ0) is 19.8. The van der Waals surface area contributed by atoms with E-state index in [1.54, 1.807) is 14.0 Å². The summed E-state index contributed by atoms with van der Waals surface area (Å²) in [5.74, 6) is -0.481. The highest BCUT2D eigenvalue weighted by Gasteiger charge is 2.42. The molecule has 2 aromatic rings. The van der Waals surface area contributed by atoms with E-state index in [0.29, 0.717) is 29.8 Å². The number of halogens is 3. The van der Waals surface area contributed by atoms with Gasteiger partial charge in [-0.15, -0.1) is 0 Å². The van der Waals surface area contributed by atoms with Crippen molar-refractivity contribution in [3.05, 3.63) is 26.9 Å². The predicted octanol–water partition coefficient (Wildman–Crippen LogP) is 2.18. The molecule has 0 radical (unpaired) electrons. The molecule has 2 aliphatic rings. The molecule has 10 heteroatoms. The molecular formula is C17H18ClFIN5O2. The Balaban J connectivity index is 2.18. The van der Waals surface area contributed by atoms with E-state index >= 15 is 4.39 Å². The molecule has 7 nitrogen and oxygen atoms in total. The van der Waals surface area contributed by atoms with Crippen molar-refractivity contribution in [1.29, 1.82) is 0 Å². The Bertz CT molecular complexity index is 1060. The minimum absolute atomic E-state index is 0.120. The van der Waals surface area contributed by atoms with Gasteiger partial charge in [0.05, 0.1) is 44.5 Å². The van der Waals surface area contributed by atoms with Crippen LogP contribution in [0.25, 0.3) is 10.9 Å². The number of anilines is 2. The van der Waals surface area contributed by atoms with Gasteiger partial charge in [0.25, 0.3) is 5.91 Å². The minimum Gasteiger partial charge on any atom is -0.341 e. The van der Waals surface area contributed by atoms with Gasteiger partial charge in [0.1, 0.15) is 11.9 Å². The quantitative estimate of drug-likeness (QED) is 0.514. The highest BCUT2D eigenvalue weighted by atomic mass is 127. The molecule has 1 aromatic heterocycles. The summed E-state index contributed by atoms with van der Waals surface area (Å²) in [7, 11) is 3.50.